The number of ether oxygens (including phenoxy) is 1. The second kappa shape index (κ2) is 5.85. The van der Waals surface area contributed by atoms with Crippen LogP contribution in [0.1, 0.15) is 46.1 Å². The molecule has 0 aliphatic carbocycles. The van der Waals surface area contributed by atoms with Gasteiger partial charge in [0.1, 0.15) is 11.5 Å². The summed E-state index contributed by atoms with van der Waals surface area (Å²) >= 11 is 0. The summed E-state index contributed by atoms with van der Waals surface area (Å²) in [6.45, 7) is 8.90. The van der Waals surface area contributed by atoms with Crippen molar-refractivity contribution in [3.63, 3.8) is 0 Å². The molecule has 0 saturated heterocycles. The maximum atomic E-state index is 11.1. The Morgan fingerprint density at radius 1 is 1.18 bits per heavy atom. The van der Waals surface area contributed by atoms with E-state index in [9.17, 15) is 4.79 Å². The van der Waals surface area contributed by atoms with Crippen LogP contribution in [0.4, 0.5) is 0 Å². The van der Waals surface area contributed by atoms with E-state index in [0.717, 1.165) is 5.75 Å². The first kappa shape index (κ1) is 13.8. The lowest BCUT2D eigenvalue weighted by atomic mass is 9.87. The maximum Gasteiger partial charge on any atom is 0.136 e. The van der Waals surface area contributed by atoms with Crippen LogP contribution in [0, 0.1) is 0 Å². The van der Waals surface area contributed by atoms with Gasteiger partial charge in [-0.05, 0) is 23.1 Å². The molecule has 0 bridgehead atoms. The number of hydrogen-bond acceptors (Lipinski definition) is 2. The summed E-state index contributed by atoms with van der Waals surface area (Å²) in [7, 11) is 0. The number of ketones is 1. The normalized spacial score (nSPS) is 11.3. The van der Waals surface area contributed by atoms with Crippen molar-refractivity contribution in [1.29, 1.82) is 0 Å². The topological polar surface area (TPSA) is 26.3 Å². The zero-order chi connectivity index (χ0) is 12.9. The van der Waals surface area contributed by atoms with E-state index in [1.165, 1.54) is 5.56 Å². The van der Waals surface area contributed by atoms with Gasteiger partial charge in [0.25, 0.3) is 0 Å². The summed E-state index contributed by atoms with van der Waals surface area (Å²) in [5.74, 6) is 1.08. The molecule has 0 aliphatic rings. The minimum Gasteiger partial charge on any atom is -0.493 e. The average Bonchev–Trinajstić information content (AvgIpc) is 2.28. The fraction of sp³-hybridized carbons (Fsp3) is 0.533. The number of Topliss-reactive ketones (excluding diaryl/α,β-unsaturated/α-hetero) is 1. The van der Waals surface area contributed by atoms with E-state index in [1.54, 1.807) is 0 Å². The molecule has 0 N–H and O–H groups in total. The van der Waals surface area contributed by atoms with Crippen molar-refractivity contribution >= 4 is 5.78 Å². The lowest BCUT2D eigenvalue weighted by molar-refractivity contribution is -0.119. The summed E-state index contributed by atoms with van der Waals surface area (Å²) < 4.78 is 5.53. The Bertz CT molecular complexity index is 358. The van der Waals surface area contributed by atoms with Crippen molar-refractivity contribution in [3.05, 3.63) is 29.8 Å². The van der Waals surface area contributed by atoms with Gasteiger partial charge in [-0.1, -0.05) is 39.8 Å². The molecule has 0 spiro atoms. The molecule has 0 aromatic heterocycles. The molecule has 2 nitrogen and oxygen atoms in total. The zero-order valence-electron chi connectivity index (χ0n) is 11.2. The van der Waals surface area contributed by atoms with Crippen LogP contribution in [-0.4, -0.2) is 12.4 Å². The lowest BCUT2D eigenvalue weighted by Crippen LogP contribution is -2.10. The fourth-order valence-electron chi connectivity index (χ4n) is 1.51. The highest BCUT2D eigenvalue weighted by Crippen LogP contribution is 2.24. The first-order valence-corrected chi connectivity index (χ1v) is 6.18. The maximum absolute atomic E-state index is 11.1. The molecule has 0 radical (unpaired) electrons. The molecule has 0 unspecified atom stereocenters. The molecule has 0 atom stereocenters. The molecule has 0 saturated carbocycles. The second-order valence-corrected chi connectivity index (χ2v) is 5.27. The average molecular weight is 234 g/mol. The van der Waals surface area contributed by atoms with E-state index >= 15 is 0 Å². The molecule has 2 heteroatoms. The van der Waals surface area contributed by atoms with Crippen LogP contribution in [0.25, 0.3) is 0 Å². The van der Waals surface area contributed by atoms with Crippen LogP contribution in [0.5, 0.6) is 5.75 Å². The summed E-state index contributed by atoms with van der Waals surface area (Å²) in [6, 6.07) is 8.10. The van der Waals surface area contributed by atoms with Crippen LogP contribution in [0.15, 0.2) is 24.3 Å². The number of carbonyl (C=O) groups excluding carboxylic acids is 1. The Hall–Kier alpha value is -1.31. The number of hydrogen-bond donors (Lipinski definition) is 0. The quantitative estimate of drug-likeness (QED) is 0.776. The molecule has 17 heavy (non-hydrogen) atoms. The van der Waals surface area contributed by atoms with E-state index in [1.807, 2.05) is 19.1 Å². The predicted octanol–water partition coefficient (Wildman–Crippen LogP) is 3.73. The van der Waals surface area contributed by atoms with Crippen molar-refractivity contribution in [2.75, 3.05) is 6.61 Å². The number of carbonyl (C=O) groups is 1. The Kier molecular flexibility index (Phi) is 4.73. The van der Waals surface area contributed by atoms with Gasteiger partial charge < -0.3 is 4.74 Å². The summed E-state index contributed by atoms with van der Waals surface area (Å²) in [5, 5.41) is 0. The van der Waals surface area contributed by atoms with Crippen LogP contribution in [0.3, 0.4) is 0 Å². The first-order chi connectivity index (χ1) is 7.93. The molecule has 1 rings (SSSR count). The van der Waals surface area contributed by atoms with E-state index in [0.29, 0.717) is 19.4 Å². The Morgan fingerprint density at radius 3 is 2.24 bits per heavy atom. The van der Waals surface area contributed by atoms with Crippen molar-refractivity contribution in [2.24, 2.45) is 0 Å². The molecule has 0 aliphatic heterocycles. The van der Waals surface area contributed by atoms with Gasteiger partial charge in [-0.15, -0.1) is 0 Å². The fourth-order valence-corrected chi connectivity index (χ4v) is 1.51. The number of benzene rings is 1. The van der Waals surface area contributed by atoms with E-state index in [4.69, 9.17) is 4.74 Å². The molecule has 1 aromatic carbocycles. The highest BCUT2D eigenvalue weighted by molar-refractivity contribution is 5.78. The molecule has 0 heterocycles. The Morgan fingerprint density at radius 2 is 1.76 bits per heavy atom. The molecule has 94 valence electrons. The second-order valence-electron chi connectivity index (χ2n) is 5.27. The van der Waals surface area contributed by atoms with Crippen molar-refractivity contribution in [2.45, 2.75) is 46.0 Å². The van der Waals surface area contributed by atoms with E-state index in [-0.39, 0.29) is 11.2 Å². The van der Waals surface area contributed by atoms with E-state index in [2.05, 4.69) is 32.9 Å². The number of rotatable bonds is 5. The monoisotopic (exact) mass is 234 g/mol. The third-order valence-corrected chi connectivity index (χ3v) is 2.76. The third kappa shape index (κ3) is 4.59. The smallest absolute Gasteiger partial charge is 0.136 e. The van der Waals surface area contributed by atoms with Gasteiger partial charge in [0.05, 0.1) is 6.61 Å². The van der Waals surface area contributed by atoms with Crippen LogP contribution >= 0.6 is 0 Å². The zero-order valence-corrected chi connectivity index (χ0v) is 11.2. The standard InChI is InChI=1S/C15H22O2/c1-5-13(16)10-11-17-14-8-6-12(7-9-14)15(2,3)4/h6-9H,5,10-11H2,1-4H3. The van der Waals surface area contributed by atoms with Gasteiger partial charge in [0.2, 0.25) is 0 Å². The summed E-state index contributed by atoms with van der Waals surface area (Å²) in [5.41, 5.74) is 1.45. The lowest BCUT2D eigenvalue weighted by Gasteiger charge is -2.19. The SMILES string of the molecule is CCC(=O)CCOc1ccc(C(C)(C)C)cc1. The van der Waals surface area contributed by atoms with Crippen molar-refractivity contribution in [3.8, 4) is 5.75 Å². The van der Waals surface area contributed by atoms with Crippen molar-refractivity contribution in [1.82, 2.24) is 0 Å². The van der Waals surface area contributed by atoms with Gasteiger partial charge in [0.15, 0.2) is 0 Å². The first-order valence-electron chi connectivity index (χ1n) is 6.18. The van der Waals surface area contributed by atoms with Gasteiger partial charge in [-0.3, -0.25) is 4.79 Å². The Balaban J connectivity index is 2.49. The van der Waals surface area contributed by atoms with Crippen molar-refractivity contribution < 1.29 is 9.53 Å². The van der Waals surface area contributed by atoms with Crippen LogP contribution in [0.2, 0.25) is 0 Å². The van der Waals surface area contributed by atoms with Gasteiger partial charge in [0, 0.05) is 12.8 Å². The molecular weight excluding hydrogens is 212 g/mol. The van der Waals surface area contributed by atoms with Crippen LogP contribution in [-0.2, 0) is 10.2 Å². The van der Waals surface area contributed by atoms with Gasteiger partial charge in [-0.25, -0.2) is 0 Å². The highest BCUT2D eigenvalue weighted by Gasteiger charge is 2.12. The van der Waals surface area contributed by atoms with Gasteiger partial charge in [-0.2, -0.15) is 0 Å². The summed E-state index contributed by atoms with van der Waals surface area (Å²) in [6.07, 6.45) is 1.09. The molecule has 0 fully saturated rings. The summed E-state index contributed by atoms with van der Waals surface area (Å²) in [4.78, 5) is 11.1. The molecule has 1 aromatic rings. The minimum absolute atomic E-state index is 0.163. The predicted molar refractivity (Wildman–Crippen MR) is 70.6 cm³/mol. The Labute approximate surface area is 104 Å². The largest absolute Gasteiger partial charge is 0.493 e. The minimum atomic E-state index is 0.163. The van der Waals surface area contributed by atoms with E-state index < -0.39 is 0 Å². The molecular formula is C15H22O2. The van der Waals surface area contributed by atoms with Crippen LogP contribution < -0.4 is 4.74 Å². The highest BCUT2D eigenvalue weighted by atomic mass is 16.5. The molecule has 0 amide bonds. The van der Waals surface area contributed by atoms with Gasteiger partial charge >= 0.3 is 0 Å². The third-order valence-electron chi connectivity index (χ3n) is 2.76.